The van der Waals surface area contributed by atoms with Gasteiger partial charge < -0.3 is 10.1 Å². The molecule has 2 aliphatic rings. The van der Waals surface area contributed by atoms with Gasteiger partial charge in [-0.05, 0) is 18.8 Å². The molecule has 0 atom stereocenters. The Labute approximate surface area is 61.9 Å². The van der Waals surface area contributed by atoms with Crippen LogP contribution in [0.15, 0.2) is 0 Å². The fourth-order valence-corrected chi connectivity index (χ4v) is 1.57. The van der Waals surface area contributed by atoms with Gasteiger partial charge in [0.15, 0.2) is 0 Å². The minimum atomic E-state index is 0.539. The highest BCUT2D eigenvalue weighted by Gasteiger charge is 2.30. The summed E-state index contributed by atoms with van der Waals surface area (Å²) in [5, 5.41) is 3.20. The molecule has 58 valence electrons. The Morgan fingerprint density at radius 3 is 2.30 bits per heavy atom. The van der Waals surface area contributed by atoms with E-state index in [1.54, 1.807) is 0 Å². The van der Waals surface area contributed by atoms with Gasteiger partial charge in [-0.1, -0.05) is 6.92 Å². The molecule has 1 heterocycles. The Morgan fingerprint density at radius 1 is 1.20 bits per heavy atom. The van der Waals surface area contributed by atoms with Crippen molar-refractivity contribution in [2.24, 2.45) is 5.92 Å². The van der Waals surface area contributed by atoms with E-state index in [0.717, 1.165) is 19.0 Å². The van der Waals surface area contributed by atoms with E-state index in [1.165, 1.54) is 12.8 Å². The summed E-state index contributed by atoms with van der Waals surface area (Å²) >= 11 is 0. The lowest BCUT2D eigenvalue weighted by Gasteiger charge is -2.38. The van der Waals surface area contributed by atoms with Crippen molar-refractivity contribution in [3.63, 3.8) is 0 Å². The molecule has 1 saturated heterocycles. The van der Waals surface area contributed by atoms with E-state index in [4.69, 9.17) is 4.74 Å². The van der Waals surface area contributed by atoms with Gasteiger partial charge in [0.1, 0.15) is 0 Å². The highest BCUT2D eigenvalue weighted by atomic mass is 16.5. The van der Waals surface area contributed by atoms with Crippen molar-refractivity contribution in [2.45, 2.75) is 32.0 Å². The molecule has 0 aromatic carbocycles. The van der Waals surface area contributed by atoms with Crippen LogP contribution >= 0.6 is 0 Å². The normalized spacial score (nSPS) is 40.5. The summed E-state index contributed by atoms with van der Waals surface area (Å²) in [4.78, 5) is 0. The van der Waals surface area contributed by atoms with E-state index in [9.17, 15) is 0 Å². The molecule has 1 saturated carbocycles. The molecular formula is C8H15NO. The second-order valence-electron chi connectivity index (χ2n) is 3.61. The lowest BCUT2D eigenvalue weighted by molar-refractivity contribution is -0.0887. The Hall–Kier alpha value is -0.0800. The fourth-order valence-electron chi connectivity index (χ4n) is 1.57. The van der Waals surface area contributed by atoms with Crippen molar-refractivity contribution in [1.82, 2.24) is 5.32 Å². The van der Waals surface area contributed by atoms with Gasteiger partial charge in [-0.3, -0.25) is 0 Å². The van der Waals surface area contributed by atoms with Crippen LogP contribution in [-0.2, 0) is 4.74 Å². The van der Waals surface area contributed by atoms with Gasteiger partial charge in [-0.2, -0.15) is 0 Å². The monoisotopic (exact) mass is 141 g/mol. The first-order chi connectivity index (χ1) is 4.84. The van der Waals surface area contributed by atoms with Crippen LogP contribution < -0.4 is 5.32 Å². The molecule has 0 radical (unpaired) electrons. The van der Waals surface area contributed by atoms with Gasteiger partial charge in [0.25, 0.3) is 0 Å². The lowest BCUT2D eigenvalue weighted by Crippen LogP contribution is -2.51. The maximum Gasteiger partial charge on any atom is 0.0827 e. The number of rotatable bonds is 2. The molecule has 0 bridgehead atoms. The quantitative estimate of drug-likeness (QED) is 0.613. The summed E-state index contributed by atoms with van der Waals surface area (Å²) < 4.78 is 5.73. The van der Waals surface area contributed by atoms with E-state index in [-0.39, 0.29) is 0 Å². The van der Waals surface area contributed by atoms with E-state index in [0.29, 0.717) is 12.2 Å². The highest BCUT2D eigenvalue weighted by Crippen LogP contribution is 2.30. The zero-order valence-electron chi connectivity index (χ0n) is 6.47. The van der Waals surface area contributed by atoms with Crippen LogP contribution in [0.1, 0.15) is 19.8 Å². The summed E-state index contributed by atoms with van der Waals surface area (Å²) in [5.74, 6) is 0.915. The van der Waals surface area contributed by atoms with Crippen molar-refractivity contribution in [1.29, 1.82) is 0 Å². The maximum absolute atomic E-state index is 5.73. The summed E-state index contributed by atoms with van der Waals surface area (Å²) in [7, 11) is 0. The molecule has 10 heavy (non-hydrogen) atoms. The van der Waals surface area contributed by atoms with Crippen molar-refractivity contribution in [3.05, 3.63) is 0 Å². The first kappa shape index (κ1) is 6.62. The zero-order chi connectivity index (χ0) is 6.97. The standard InChI is InChI=1S/C8H15NO/c1-6-2-7(3-6)10-8-4-9-5-8/h6-9H,2-5H2,1H3. The number of hydrogen-bond acceptors (Lipinski definition) is 2. The highest BCUT2D eigenvalue weighted by molar-refractivity contribution is 4.82. The van der Waals surface area contributed by atoms with Gasteiger partial charge in [-0.15, -0.1) is 0 Å². The van der Waals surface area contributed by atoms with E-state index in [1.807, 2.05) is 0 Å². The van der Waals surface area contributed by atoms with Crippen molar-refractivity contribution in [3.8, 4) is 0 Å². The second kappa shape index (κ2) is 2.51. The van der Waals surface area contributed by atoms with Gasteiger partial charge in [0.05, 0.1) is 12.2 Å². The maximum atomic E-state index is 5.73. The smallest absolute Gasteiger partial charge is 0.0827 e. The summed E-state index contributed by atoms with van der Waals surface area (Å²) in [6, 6.07) is 0. The van der Waals surface area contributed by atoms with Gasteiger partial charge >= 0.3 is 0 Å². The molecule has 0 unspecified atom stereocenters. The lowest BCUT2D eigenvalue weighted by atomic mass is 9.84. The Bertz CT molecular complexity index is 116. The van der Waals surface area contributed by atoms with Crippen molar-refractivity contribution in [2.75, 3.05) is 13.1 Å². The molecule has 0 amide bonds. The van der Waals surface area contributed by atoms with Crippen LogP contribution in [0.4, 0.5) is 0 Å². The molecule has 2 nitrogen and oxygen atoms in total. The molecule has 2 rings (SSSR count). The molecular weight excluding hydrogens is 126 g/mol. The Kier molecular flexibility index (Phi) is 1.66. The average molecular weight is 141 g/mol. The molecule has 0 aromatic heterocycles. The third kappa shape index (κ3) is 1.18. The molecule has 1 aliphatic carbocycles. The van der Waals surface area contributed by atoms with Crippen molar-refractivity contribution < 1.29 is 4.74 Å². The molecule has 0 aromatic rings. The predicted molar refractivity (Wildman–Crippen MR) is 39.9 cm³/mol. The SMILES string of the molecule is CC1CC(OC2CNC2)C1. The van der Waals surface area contributed by atoms with Crippen LogP contribution in [0.3, 0.4) is 0 Å². The molecule has 0 spiro atoms. The first-order valence-corrected chi connectivity index (χ1v) is 4.21. The van der Waals surface area contributed by atoms with E-state index in [2.05, 4.69) is 12.2 Å². The van der Waals surface area contributed by atoms with Crippen molar-refractivity contribution >= 4 is 0 Å². The third-order valence-electron chi connectivity index (χ3n) is 2.46. The Morgan fingerprint density at radius 2 is 1.90 bits per heavy atom. The van der Waals surface area contributed by atoms with Crippen LogP contribution in [0.5, 0.6) is 0 Å². The topological polar surface area (TPSA) is 21.3 Å². The minimum absolute atomic E-state index is 0.539. The molecule has 2 heteroatoms. The molecule has 1 N–H and O–H groups in total. The summed E-state index contributed by atoms with van der Waals surface area (Å²) in [6.45, 7) is 4.44. The Balaban J connectivity index is 1.62. The third-order valence-corrected chi connectivity index (χ3v) is 2.46. The molecule has 1 aliphatic heterocycles. The van der Waals surface area contributed by atoms with Gasteiger partial charge in [0, 0.05) is 13.1 Å². The van der Waals surface area contributed by atoms with E-state index < -0.39 is 0 Å². The van der Waals surface area contributed by atoms with E-state index >= 15 is 0 Å². The first-order valence-electron chi connectivity index (χ1n) is 4.21. The van der Waals surface area contributed by atoms with Crippen LogP contribution in [0, 0.1) is 5.92 Å². The predicted octanol–water partition coefficient (Wildman–Crippen LogP) is 0.773. The van der Waals surface area contributed by atoms with Crippen LogP contribution in [0.25, 0.3) is 0 Å². The largest absolute Gasteiger partial charge is 0.372 e. The molecule has 2 fully saturated rings. The second-order valence-corrected chi connectivity index (χ2v) is 3.61. The van der Waals surface area contributed by atoms with Gasteiger partial charge in [0.2, 0.25) is 0 Å². The van der Waals surface area contributed by atoms with Crippen LogP contribution in [0.2, 0.25) is 0 Å². The minimum Gasteiger partial charge on any atom is -0.372 e. The van der Waals surface area contributed by atoms with Gasteiger partial charge in [-0.25, -0.2) is 0 Å². The number of hydrogen-bond donors (Lipinski definition) is 1. The average Bonchev–Trinajstić information content (AvgIpc) is 1.72. The number of nitrogens with one attached hydrogen (secondary N) is 1. The zero-order valence-corrected chi connectivity index (χ0v) is 6.47. The number of ether oxygens (including phenoxy) is 1. The summed E-state index contributed by atoms with van der Waals surface area (Å²) in [5.41, 5.74) is 0. The summed E-state index contributed by atoms with van der Waals surface area (Å²) in [6.07, 6.45) is 3.71. The fraction of sp³-hybridized carbons (Fsp3) is 1.00. The van der Waals surface area contributed by atoms with Crippen LogP contribution in [-0.4, -0.2) is 25.3 Å².